The lowest BCUT2D eigenvalue weighted by Crippen LogP contribution is -2.01. The highest BCUT2D eigenvalue weighted by atomic mass is 16.5. The van der Waals surface area contributed by atoms with E-state index in [4.69, 9.17) is 9.47 Å². The zero-order valence-electron chi connectivity index (χ0n) is 11.4. The maximum Gasteiger partial charge on any atom is 0.196 e. The zero-order chi connectivity index (χ0) is 14.4. The fourth-order valence-electron chi connectivity index (χ4n) is 2.52. The molecule has 0 radical (unpaired) electrons. The number of benzene rings is 1. The van der Waals surface area contributed by atoms with Gasteiger partial charge in [-0.25, -0.2) is 0 Å². The number of rotatable bonds is 2. The van der Waals surface area contributed by atoms with Crippen molar-refractivity contribution < 1.29 is 19.4 Å². The molecule has 0 fully saturated rings. The molecule has 102 valence electrons. The maximum absolute atomic E-state index is 12.5. The number of pyridine rings is 1. The van der Waals surface area contributed by atoms with E-state index in [1.165, 1.54) is 20.3 Å². The Morgan fingerprint density at radius 1 is 1.10 bits per heavy atom. The highest BCUT2D eigenvalue weighted by Crippen LogP contribution is 2.43. The van der Waals surface area contributed by atoms with Crippen molar-refractivity contribution >= 4 is 5.78 Å². The number of carbonyl (C=O) groups excluding carboxylic acids is 1. The fourth-order valence-corrected chi connectivity index (χ4v) is 2.52. The number of phenols is 1. The van der Waals surface area contributed by atoms with Gasteiger partial charge in [-0.05, 0) is 19.1 Å². The van der Waals surface area contributed by atoms with Gasteiger partial charge in [-0.1, -0.05) is 0 Å². The van der Waals surface area contributed by atoms with Gasteiger partial charge in [0.2, 0.25) is 0 Å². The van der Waals surface area contributed by atoms with Crippen molar-refractivity contribution in [1.29, 1.82) is 0 Å². The van der Waals surface area contributed by atoms with Gasteiger partial charge in [0.1, 0.15) is 5.75 Å². The molecule has 0 amide bonds. The lowest BCUT2D eigenvalue weighted by atomic mass is 10.1. The number of ether oxygens (including phenoxy) is 2. The smallest absolute Gasteiger partial charge is 0.196 e. The Kier molecular flexibility index (Phi) is 2.64. The molecule has 0 saturated heterocycles. The van der Waals surface area contributed by atoms with Gasteiger partial charge in [0.05, 0.1) is 31.7 Å². The van der Waals surface area contributed by atoms with Crippen molar-refractivity contribution in [3.8, 4) is 28.5 Å². The van der Waals surface area contributed by atoms with Crippen molar-refractivity contribution in [3.05, 3.63) is 35.0 Å². The van der Waals surface area contributed by atoms with Crippen LogP contribution in [0.5, 0.6) is 17.2 Å². The Labute approximate surface area is 115 Å². The van der Waals surface area contributed by atoms with Crippen LogP contribution in [0.25, 0.3) is 11.3 Å². The summed E-state index contributed by atoms with van der Waals surface area (Å²) in [6, 6.07) is 3.05. The van der Waals surface area contributed by atoms with Gasteiger partial charge in [-0.2, -0.15) is 0 Å². The number of ketones is 1. The molecule has 0 atom stereocenters. The minimum absolute atomic E-state index is 0.0583. The number of hydrogen-bond acceptors (Lipinski definition) is 5. The van der Waals surface area contributed by atoms with Crippen LogP contribution in [0.15, 0.2) is 18.3 Å². The average molecular weight is 271 g/mol. The summed E-state index contributed by atoms with van der Waals surface area (Å²) in [5.41, 5.74) is 2.97. The molecule has 2 aromatic rings. The van der Waals surface area contributed by atoms with Gasteiger partial charge in [-0.15, -0.1) is 0 Å². The van der Waals surface area contributed by atoms with Crippen LogP contribution in [0.2, 0.25) is 0 Å². The molecule has 5 heteroatoms. The normalized spacial score (nSPS) is 12.1. The van der Waals surface area contributed by atoms with Crippen LogP contribution in [-0.4, -0.2) is 30.1 Å². The summed E-state index contributed by atoms with van der Waals surface area (Å²) >= 11 is 0. The van der Waals surface area contributed by atoms with Crippen molar-refractivity contribution in [2.75, 3.05) is 14.2 Å². The Balaban J connectivity index is 2.31. The molecular formula is C15H13NO4. The van der Waals surface area contributed by atoms with Crippen LogP contribution < -0.4 is 9.47 Å². The third kappa shape index (κ3) is 1.49. The van der Waals surface area contributed by atoms with Crippen molar-refractivity contribution in [3.63, 3.8) is 0 Å². The van der Waals surface area contributed by atoms with Gasteiger partial charge < -0.3 is 14.6 Å². The molecule has 5 nitrogen and oxygen atoms in total. The van der Waals surface area contributed by atoms with E-state index in [1.807, 2.05) is 6.92 Å². The van der Waals surface area contributed by atoms with Gasteiger partial charge in [0.25, 0.3) is 0 Å². The highest BCUT2D eigenvalue weighted by molar-refractivity contribution is 6.22. The van der Waals surface area contributed by atoms with Gasteiger partial charge >= 0.3 is 0 Å². The first-order valence-electron chi connectivity index (χ1n) is 6.08. The van der Waals surface area contributed by atoms with Crippen LogP contribution >= 0.6 is 0 Å². The Bertz CT molecular complexity index is 737. The summed E-state index contributed by atoms with van der Waals surface area (Å²) in [6.45, 7) is 1.82. The van der Waals surface area contributed by atoms with E-state index in [0.717, 1.165) is 5.56 Å². The predicted molar refractivity (Wildman–Crippen MR) is 72.6 cm³/mol. The number of methoxy groups -OCH3 is 2. The number of fused-ring (bicyclic) bond motifs is 3. The average Bonchev–Trinajstić information content (AvgIpc) is 2.72. The molecule has 0 saturated carbocycles. The third-order valence-electron chi connectivity index (χ3n) is 3.56. The largest absolute Gasteiger partial charge is 0.504 e. The van der Waals surface area contributed by atoms with Crippen molar-refractivity contribution in [1.82, 2.24) is 4.98 Å². The second-order valence-electron chi connectivity index (χ2n) is 4.57. The summed E-state index contributed by atoms with van der Waals surface area (Å²) in [7, 11) is 3.00. The van der Waals surface area contributed by atoms with E-state index in [9.17, 15) is 9.90 Å². The standard InChI is InChI=1S/C15H13NO4/c1-7-12(20-3)6-16-14-8-5-11(19-2)10(17)4-9(8)15(18)13(7)14/h4-6,17H,1-3H3. The first-order chi connectivity index (χ1) is 9.58. The van der Waals surface area contributed by atoms with Gasteiger partial charge in [0, 0.05) is 16.7 Å². The van der Waals surface area contributed by atoms with Crippen LogP contribution in [0.1, 0.15) is 21.5 Å². The second-order valence-corrected chi connectivity index (χ2v) is 4.57. The lowest BCUT2D eigenvalue weighted by Gasteiger charge is -2.08. The maximum atomic E-state index is 12.5. The molecule has 1 aliphatic rings. The summed E-state index contributed by atoms with van der Waals surface area (Å²) < 4.78 is 10.3. The highest BCUT2D eigenvalue weighted by Gasteiger charge is 2.32. The van der Waals surface area contributed by atoms with E-state index in [-0.39, 0.29) is 11.5 Å². The first-order valence-corrected chi connectivity index (χ1v) is 6.08. The first kappa shape index (κ1) is 12.5. The molecule has 1 heterocycles. The second kappa shape index (κ2) is 4.23. The Hall–Kier alpha value is -2.56. The molecule has 1 N–H and O–H groups in total. The number of phenolic OH excluding ortho intramolecular Hbond substituents is 1. The molecule has 20 heavy (non-hydrogen) atoms. The van der Waals surface area contributed by atoms with Gasteiger partial charge in [-0.3, -0.25) is 9.78 Å². The molecule has 0 unspecified atom stereocenters. The zero-order valence-corrected chi connectivity index (χ0v) is 11.4. The van der Waals surface area contributed by atoms with E-state index in [0.29, 0.717) is 33.9 Å². The molecule has 0 bridgehead atoms. The summed E-state index contributed by atoms with van der Waals surface area (Å²) in [4.78, 5) is 16.8. The van der Waals surface area contributed by atoms with Crippen molar-refractivity contribution in [2.45, 2.75) is 6.92 Å². The number of nitrogens with zero attached hydrogens (tertiary/aromatic N) is 1. The molecule has 1 aromatic heterocycles. The van der Waals surface area contributed by atoms with Crippen molar-refractivity contribution in [2.24, 2.45) is 0 Å². The fraction of sp³-hybridized carbons (Fsp3) is 0.200. The van der Waals surface area contributed by atoms with Crippen LogP contribution in [-0.2, 0) is 0 Å². The molecule has 1 aromatic carbocycles. The number of aromatic nitrogens is 1. The molecular weight excluding hydrogens is 258 g/mol. The molecule has 1 aliphatic carbocycles. The number of carbonyl (C=O) groups is 1. The van der Waals surface area contributed by atoms with E-state index < -0.39 is 0 Å². The quantitative estimate of drug-likeness (QED) is 0.774. The minimum Gasteiger partial charge on any atom is -0.504 e. The van der Waals surface area contributed by atoms with E-state index in [2.05, 4.69) is 4.98 Å². The van der Waals surface area contributed by atoms with E-state index >= 15 is 0 Å². The van der Waals surface area contributed by atoms with Crippen LogP contribution in [0.4, 0.5) is 0 Å². The van der Waals surface area contributed by atoms with Gasteiger partial charge in [0.15, 0.2) is 17.3 Å². The van der Waals surface area contributed by atoms with E-state index in [1.54, 1.807) is 12.3 Å². The Morgan fingerprint density at radius 3 is 2.45 bits per heavy atom. The summed E-state index contributed by atoms with van der Waals surface area (Å²) in [5, 5.41) is 9.82. The molecule has 3 rings (SSSR count). The van der Waals surface area contributed by atoms with Crippen LogP contribution in [0.3, 0.4) is 0 Å². The van der Waals surface area contributed by atoms with Crippen LogP contribution in [0, 0.1) is 6.92 Å². The molecule has 0 spiro atoms. The SMILES string of the molecule is COc1cc2c(cc1O)C(=O)c1c-2ncc(OC)c1C. The summed E-state index contributed by atoms with van der Waals surface area (Å²) in [6.07, 6.45) is 1.59. The molecule has 0 aliphatic heterocycles. The number of aromatic hydroxyl groups is 1. The lowest BCUT2D eigenvalue weighted by molar-refractivity contribution is 0.104. The summed E-state index contributed by atoms with van der Waals surface area (Å²) in [5.74, 6) is 0.676. The predicted octanol–water partition coefficient (Wildman–Crippen LogP) is 2.32. The Morgan fingerprint density at radius 2 is 1.80 bits per heavy atom. The third-order valence-corrected chi connectivity index (χ3v) is 3.56. The number of hydrogen-bond donors (Lipinski definition) is 1. The minimum atomic E-state index is -0.156. The monoisotopic (exact) mass is 271 g/mol. The topological polar surface area (TPSA) is 68.7 Å².